The van der Waals surface area contributed by atoms with Gasteiger partial charge in [-0.3, -0.25) is 14.5 Å². The molecule has 2 amide bonds. The number of β-amino-alcohol motifs (C(OH)–C–C–N with tert-alkyl or cyclic N) is 1. The Hall–Kier alpha value is -3.61. The average Bonchev–Trinajstić information content (AvgIpc) is 3.73. The molecule has 6 rings (SSSR count). The van der Waals surface area contributed by atoms with E-state index in [-0.39, 0.29) is 37.9 Å². The smallest absolute Gasteiger partial charge is 0.251 e. The van der Waals surface area contributed by atoms with Crippen molar-refractivity contribution >= 4 is 31.1 Å². The normalized spacial score (nSPS) is 17.8. The van der Waals surface area contributed by atoms with Gasteiger partial charge >= 0.3 is 0 Å². The number of aliphatic hydroxyl groups is 1. The predicted octanol–water partition coefficient (Wildman–Crippen LogP) is 2.72. The van der Waals surface area contributed by atoms with Crippen LogP contribution in [0.25, 0.3) is 0 Å². The van der Waals surface area contributed by atoms with Crippen molar-refractivity contribution in [2.45, 2.75) is 57.4 Å². The second kappa shape index (κ2) is 14.2. The molecule has 3 aliphatic rings. The van der Waals surface area contributed by atoms with Crippen LogP contribution in [0.3, 0.4) is 0 Å². The summed E-state index contributed by atoms with van der Waals surface area (Å²) in [5, 5.41) is 17.0. The van der Waals surface area contributed by atoms with E-state index in [1.165, 1.54) is 17.5 Å². The number of hydrogen-bond acceptors (Lipinski definition) is 9. The molecule has 230 valence electrons. The topological polar surface area (TPSA) is 133 Å². The lowest BCUT2D eigenvalue weighted by molar-refractivity contribution is -0.133. The number of fused-ring (bicyclic) bond motifs is 1. The number of ether oxygens (including phenoxy) is 1. The van der Waals surface area contributed by atoms with E-state index in [9.17, 15) is 14.7 Å². The van der Waals surface area contributed by atoms with E-state index in [0.29, 0.717) is 36.2 Å². The van der Waals surface area contributed by atoms with Crippen LogP contribution in [0.15, 0.2) is 53.5 Å². The molecule has 0 unspecified atom stereocenters. The molecule has 0 radical (unpaired) electrons. The highest BCUT2D eigenvalue weighted by Gasteiger charge is 2.35. The van der Waals surface area contributed by atoms with Crippen LogP contribution in [-0.2, 0) is 24.4 Å². The van der Waals surface area contributed by atoms with Crippen molar-refractivity contribution in [3.63, 3.8) is 0 Å². The number of carbonyl (C=O) groups excluding carboxylic acids is 2. The number of aromatic nitrogens is 2. The van der Waals surface area contributed by atoms with Crippen molar-refractivity contribution in [1.29, 1.82) is 0 Å². The third-order valence-electron chi connectivity index (χ3n) is 8.21. The number of likely N-dealkylation sites (tertiary alicyclic amines) is 1. The molecule has 1 aliphatic carbocycles. The quantitative estimate of drug-likeness (QED) is 0.301. The van der Waals surface area contributed by atoms with Crippen LogP contribution in [0.2, 0.25) is 0 Å². The van der Waals surface area contributed by atoms with Crippen LogP contribution in [0.5, 0.6) is 5.75 Å². The maximum atomic E-state index is 12.8. The number of pyridine rings is 1. The second-order valence-corrected chi connectivity index (χ2v) is 11.5. The van der Waals surface area contributed by atoms with Gasteiger partial charge in [0.15, 0.2) is 12.2 Å². The van der Waals surface area contributed by atoms with Gasteiger partial charge in [0.2, 0.25) is 5.91 Å². The highest BCUT2D eigenvalue weighted by molar-refractivity contribution is 7.59. The molecule has 1 saturated heterocycles. The van der Waals surface area contributed by atoms with Gasteiger partial charge < -0.3 is 29.8 Å². The molecule has 4 heterocycles. The molecular formula is C31H40N6O5S. The van der Waals surface area contributed by atoms with E-state index in [0.717, 1.165) is 64.0 Å². The Morgan fingerprint density at radius 1 is 1.09 bits per heavy atom. The third kappa shape index (κ3) is 8.27. The molecule has 12 heteroatoms. The van der Waals surface area contributed by atoms with Crippen molar-refractivity contribution in [2.24, 2.45) is 5.92 Å². The Balaban J connectivity index is 0.00000368. The highest BCUT2D eigenvalue weighted by atomic mass is 32.1. The lowest BCUT2D eigenvalue weighted by Crippen LogP contribution is -2.43. The first-order chi connectivity index (χ1) is 20.5. The zero-order valence-corrected chi connectivity index (χ0v) is 25.2. The Morgan fingerprint density at radius 3 is 2.70 bits per heavy atom. The summed E-state index contributed by atoms with van der Waals surface area (Å²) in [7, 11) is 0. The van der Waals surface area contributed by atoms with Gasteiger partial charge in [-0.2, -0.15) is 13.5 Å². The van der Waals surface area contributed by atoms with Crippen molar-refractivity contribution in [3.05, 3.63) is 71.6 Å². The number of amides is 2. The van der Waals surface area contributed by atoms with Crippen LogP contribution < -0.4 is 15.4 Å². The molecule has 1 aromatic carbocycles. The summed E-state index contributed by atoms with van der Waals surface area (Å²) in [5.41, 5.74) is 2.94. The average molecular weight is 609 g/mol. The van der Waals surface area contributed by atoms with Gasteiger partial charge in [-0.05, 0) is 67.5 Å². The van der Waals surface area contributed by atoms with E-state index in [2.05, 4.69) is 37.6 Å². The number of nitrogens with one attached hydrogen (secondary N) is 2. The van der Waals surface area contributed by atoms with Crippen LogP contribution in [0, 0.1) is 5.92 Å². The maximum absolute atomic E-state index is 12.8. The monoisotopic (exact) mass is 608 g/mol. The van der Waals surface area contributed by atoms with Crippen LogP contribution >= 0.6 is 13.5 Å². The Bertz CT molecular complexity index is 1380. The van der Waals surface area contributed by atoms with E-state index in [4.69, 9.17) is 9.15 Å². The molecule has 3 N–H and O–H groups in total. The largest absolute Gasteiger partial charge is 0.486 e. The fourth-order valence-electron chi connectivity index (χ4n) is 5.67. The number of piperidine rings is 1. The molecule has 2 aliphatic heterocycles. The van der Waals surface area contributed by atoms with Gasteiger partial charge in [0.25, 0.3) is 5.91 Å². The second-order valence-electron chi connectivity index (χ2n) is 11.5. The number of benzene rings is 1. The number of hydrogen-bond donors (Lipinski definition) is 3. The van der Waals surface area contributed by atoms with Crippen LogP contribution in [0.1, 0.15) is 52.9 Å². The molecule has 1 atom stereocenters. The molecular weight excluding hydrogens is 568 g/mol. The minimum absolute atomic E-state index is 0. The molecule has 0 bridgehead atoms. The van der Waals surface area contributed by atoms with Crippen LogP contribution in [-0.4, -0.2) is 81.6 Å². The highest BCUT2D eigenvalue weighted by Crippen LogP contribution is 2.32. The molecule has 1 saturated carbocycles. The number of carbonyl (C=O) groups is 2. The van der Waals surface area contributed by atoms with Gasteiger partial charge in [-0.15, -0.1) is 0 Å². The summed E-state index contributed by atoms with van der Waals surface area (Å²) < 4.78 is 11.0. The Kier molecular flexibility index (Phi) is 10.2. The lowest BCUT2D eigenvalue weighted by Gasteiger charge is -2.32. The Labute approximate surface area is 258 Å². The summed E-state index contributed by atoms with van der Waals surface area (Å²) in [6.45, 7) is 4.03. The first-order valence-corrected chi connectivity index (χ1v) is 14.8. The minimum Gasteiger partial charge on any atom is -0.486 e. The van der Waals surface area contributed by atoms with Crippen molar-refractivity contribution in [2.75, 3.05) is 38.0 Å². The zero-order chi connectivity index (χ0) is 28.9. The molecule has 43 heavy (non-hydrogen) atoms. The summed E-state index contributed by atoms with van der Waals surface area (Å²) in [4.78, 5) is 37.6. The summed E-state index contributed by atoms with van der Waals surface area (Å²) >= 11 is 0. The minimum atomic E-state index is -0.692. The summed E-state index contributed by atoms with van der Waals surface area (Å²) in [5.74, 6) is 2.43. The fourth-order valence-corrected chi connectivity index (χ4v) is 5.67. The maximum Gasteiger partial charge on any atom is 0.251 e. The van der Waals surface area contributed by atoms with Crippen LogP contribution in [0.4, 0.5) is 5.82 Å². The molecule has 3 aromatic rings. The Morgan fingerprint density at radius 2 is 1.93 bits per heavy atom. The number of nitrogens with zero attached hydrogens (tertiary/aromatic N) is 4. The fraction of sp³-hybridized carbons (Fsp3) is 0.484. The van der Waals surface area contributed by atoms with E-state index in [1.54, 1.807) is 24.5 Å². The molecule has 11 nitrogen and oxygen atoms in total. The van der Waals surface area contributed by atoms with Gasteiger partial charge in [-0.1, -0.05) is 6.07 Å². The summed E-state index contributed by atoms with van der Waals surface area (Å²) in [6, 6.07) is 9.72. The molecule has 2 fully saturated rings. The van der Waals surface area contributed by atoms with Gasteiger partial charge in [-0.25, -0.2) is 9.97 Å². The van der Waals surface area contributed by atoms with E-state index < -0.39 is 6.10 Å². The van der Waals surface area contributed by atoms with Gasteiger partial charge in [0.1, 0.15) is 18.2 Å². The van der Waals surface area contributed by atoms with Gasteiger partial charge in [0, 0.05) is 63.0 Å². The number of anilines is 1. The third-order valence-corrected chi connectivity index (χ3v) is 8.21. The zero-order valence-electron chi connectivity index (χ0n) is 24.2. The number of rotatable bonds is 11. The standard InChI is InChI=1S/C31H38N6O5.H2S/c38-26(18-36-10-6-22-13-27(4-3-24(22)17-36)41-19-28-16-32-20-42-28)15-34-30(39)23-5-9-33-29(14-23)35-25-7-11-37(12-8-25)31(40)21-1-2-21;/h3-5,9,13-14,16,20-21,25-26,38H,1-2,6-8,10-12,15,17-19H2,(H,33,35)(H,34,39);1H2/t26-;/m0./s1. The SMILES string of the molecule is O=C(NC[C@H](O)CN1CCc2cc(OCc3cnco3)ccc2C1)c1ccnc(NC2CCN(C(=O)C3CC3)CC2)c1.S. The van der Waals surface area contributed by atoms with E-state index >= 15 is 0 Å². The molecule has 0 spiro atoms. The van der Waals surface area contributed by atoms with Crippen molar-refractivity contribution < 1.29 is 23.8 Å². The van der Waals surface area contributed by atoms with Crippen molar-refractivity contribution in [1.82, 2.24) is 25.1 Å². The predicted molar refractivity (Wildman–Crippen MR) is 165 cm³/mol. The first kappa shape index (κ1) is 30.8. The number of aliphatic hydroxyl groups excluding tert-OH is 1. The van der Waals surface area contributed by atoms with Gasteiger partial charge in [0.05, 0.1) is 12.3 Å². The summed E-state index contributed by atoms with van der Waals surface area (Å²) in [6.07, 6.45) is 8.61. The number of oxazole rings is 1. The molecule has 2 aromatic heterocycles. The first-order valence-electron chi connectivity index (χ1n) is 14.8. The van der Waals surface area contributed by atoms with Crippen molar-refractivity contribution in [3.8, 4) is 5.75 Å². The van der Waals surface area contributed by atoms with E-state index in [1.807, 2.05) is 11.0 Å². The lowest BCUT2D eigenvalue weighted by atomic mass is 9.99.